The van der Waals surface area contributed by atoms with Crippen LogP contribution in [0.2, 0.25) is 0 Å². The number of hydrogen-bond acceptors (Lipinski definition) is 3. The van der Waals surface area contributed by atoms with E-state index in [-0.39, 0.29) is 0 Å². The van der Waals surface area contributed by atoms with Crippen LogP contribution in [-0.4, -0.2) is 18.1 Å². The number of fused-ring (bicyclic) bond motifs is 1. The molecule has 1 aromatic heterocycles. The van der Waals surface area contributed by atoms with Gasteiger partial charge in [0.15, 0.2) is 0 Å². The van der Waals surface area contributed by atoms with Gasteiger partial charge >= 0.3 is 0 Å². The normalized spacial score (nSPS) is 27.8. The van der Waals surface area contributed by atoms with Gasteiger partial charge in [-0.1, -0.05) is 6.42 Å². The van der Waals surface area contributed by atoms with Crippen LogP contribution in [0.4, 0.5) is 5.69 Å². The quantitative estimate of drug-likeness (QED) is 0.718. The zero-order valence-electron chi connectivity index (χ0n) is 9.26. The molecular weight excluding hydrogens is 198 g/mol. The third kappa shape index (κ3) is 1.55. The van der Waals surface area contributed by atoms with Gasteiger partial charge in [0.1, 0.15) is 11.8 Å². The molecule has 2 heterocycles. The Morgan fingerprint density at radius 2 is 2.06 bits per heavy atom. The highest BCUT2D eigenvalue weighted by Gasteiger charge is 2.36. The molecule has 2 unspecified atom stereocenters. The molecule has 3 heteroatoms. The van der Waals surface area contributed by atoms with Crippen molar-refractivity contribution in [2.75, 3.05) is 18.0 Å². The lowest BCUT2D eigenvalue weighted by Crippen LogP contribution is -2.20. The van der Waals surface area contributed by atoms with Crippen LogP contribution in [0.15, 0.2) is 18.3 Å². The zero-order chi connectivity index (χ0) is 11.0. The smallest absolute Gasteiger partial charge is 0.142 e. The Hall–Kier alpha value is -1.56. The first-order valence-corrected chi connectivity index (χ1v) is 5.98. The SMILES string of the molecule is N#Cc1cc(N2CC3CCCC3C2)ccn1. The number of rotatable bonds is 1. The molecule has 1 saturated heterocycles. The molecule has 2 atom stereocenters. The Balaban J connectivity index is 1.81. The van der Waals surface area contributed by atoms with E-state index in [1.54, 1.807) is 6.20 Å². The molecule has 0 amide bonds. The lowest BCUT2D eigenvalue weighted by atomic mass is 10.0. The van der Waals surface area contributed by atoms with Gasteiger partial charge < -0.3 is 4.90 Å². The molecule has 0 N–H and O–H groups in total. The first kappa shape index (κ1) is 9.65. The van der Waals surface area contributed by atoms with Crippen LogP contribution in [0.3, 0.4) is 0 Å². The Bertz CT molecular complexity index is 423. The fraction of sp³-hybridized carbons (Fsp3) is 0.538. The number of aromatic nitrogens is 1. The maximum Gasteiger partial charge on any atom is 0.142 e. The number of nitriles is 1. The fourth-order valence-corrected chi connectivity index (χ4v) is 3.12. The van der Waals surface area contributed by atoms with Gasteiger partial charge in [0.25, 0.3) is 0 Å². The summed E-state index contributed by atoms with van der Waals surface area (Å²) < 4.78 is 0. The van der Waals surface area contributed by atoms with Crippen molar-refractivity contribution >= 4 is 5.69 Å². The summed E-state index contributed by atoms with van der Waals surface area (Å²) >= 11 is 0. The van der Waals surface area contributed by atoms with Crippen molar-refractivity contribution in [3.63, 3.8) is 0 Å². The van der Waals surface area contributed by atoms with E-state index in [0.29, 0.717) is 5.69 Å². The van der Waals surface area contributed by atoms with E-state index < -0.39 is 0 Å². The number of anilines is 1. The second-order valence-corrected chi connectivity index (χ2v) is 4.87. The third-order valence-electron chi connectivity index (χ3n) is 3.95. The average molecular weight is 213 g/mol. The minimum atomic E-state index is 0.523. The highest BCUT2D eigenvalue weighted by atomic mass is 15.2. The molecule has 3 nitrogen and oxygen atoms in total. The van der Waals surface area contributed by atoms with Crippen LogP contribution in [0.25, 0.3) is 0 Å². The van der Waals surface area contributed by atoms with Crippen molar-refractivity contribution in [2.45, 2.75) is 19.3 Å². The van der Waals surface area contributed by atoms with E-state index in [0.717, 1.165) is 11.8 Å². The number of nitrogens with zero attached hydrogens (tertiary/aromatic N) is 3. The van der Waals surface area contributed by atoms with E-state index >= 15 is 0 Å². The predicted molar refractivity (Wildman–Crippen MR) is 62.0 cm³/mol. The second kappa shape index (κ2) is 3.79. The third-order valence-corrected chi connectivity index (χ3v) is 3.95. The van der Waals surface area contributed by atoms with E-state index in [2.05, 4.69) is 16.0 Å². The number of pyridine rings is 1. The predicted octanol–water partition coefficient (Wildman–Crippen LogP) is 2.19. The molecule has 0 radical (unpaired) electrons. The van der Waals surface area contributed by atoms with E-state index in [1.807, 2.05) is 12.1 Å². The highest BCUT2D eigenvalue weighted by Crippen LogP contribution is 2.39. The van der Waals surface area contributed by atoms with E-state index in [4.69, 9.17) is 5.26 Å². The van der Waals surface area contributed by atoms with Gasteiger partial charge in [-0.2, -0.15) is 5.26 Å². The summed E-state index contributed by atoms with van der Waals surface area (Å²) in [4.78, 5) is 6.43. The van der Waals surface area contributed by atoms with Crippen molar-refractivity contribution in [2.24, 2.45) is 11.8 Å². The summed E-state index contributed by atoms with van der Waals surface area (Å²) in [7, 11) is 0. The Labute approximate surface area is 95.7 Å². The molecule has 1 aromatic rings. The summed E-state index contributed by atoms with van der Waals surface area (Å²) in [6, 6.07) is 6.02. The summed E-state index contributed by atoms with van der Waals surface area (Å²) in [5.41, 5.74) is 1.69. The lowest BCUT2D eigenvalue weighted by Gasteiger charge is -2.19. The molecule has 1 aliphatic carbocycles. The fourth-order valence-electron chi connectivity index (χ4n) is 3.12. The largest absolute Gasteiger partial charge is 0.371 e. The summed E-state index contributed by atoms with van der Waals surface area (Å²) in [5.74, 6) is 1.78. The van der Waals surface area contributed by atoms with Gasteiger partial charge in [-0.3, -0.25) is 0 Å². The van der Waals surface area contributed by atoms with Crippen LogP contribution in [0.5, 0.6) is 0 Å². The Kier molecular flexibility index (Phi) is 2.28. The molecular formula is C13H15N3. The molecule has 1 aliphatic heterocycles. The molecule has 82 valence electrons. The molecule has 2 aliphatic rings. The number of hydrogen-bond donors (Lipinski definition) is 0. The molecule has 16 heavy (non-hydrogen) atoms. The van der Waals surface area contributed by atoms with E-state index in [9.17, 15) is 0 Å². The molecule has 3 rings (SSSR count). The lowest BCUT2D eigenvalue weighted by molar-refractivity contribution is 0.494. The Morgan fingerprint density at radius 3 is 2.75 bits per heavy atom. The van der Waals surface area contributed by atoms with Gasteiger partial charge in [-0.25, -0.2) is 4.98 Å². The summed E-state index contributed by atoms with van der Waals surface area (Å²) in [5, 5.41) is 8.84. The van der Waals surface area contributed by atoms with Crippen LogP contribution in [0, 0.1) is 23.2 Å². The van der Waals surface area contributed by atoms with Gasteiger partial charge in [0, 0.05) is 25.0 Å². The van der Waals surface area contributed by atoms with Gasteiger partial charge in [0.2, 0.25) is 0 Å². The second-order valence-electron chi connectivity index (χ2n) is 4.87. The molecule has 0 aromatic carbocycles. The zero-order valence-corrected chi connectivity index (χ0v) is 9.26. The minimum Gasteiger partial charge on any atom is -0.371 e. The topological polar surface area (TPSA) is 39.9 Å². The van der Waals surface area contributed by atoms with Crippen LogP contribution < -0.4 is 4.90 Å². The van der Waals surface area contributed by atoms with Gasteiger partial charge in [-0.05, 0) is 36.8 Å². The van der Waals surface area contributed by atoms with Crippen LogP contribution in [0.1, 0.15) is 25.0 Å². The molecule has 2 fully saturated rings. The van der Waals surface area contributed by atoms with Crippen molar-refractivity contribution < 1.29 is 0 Å². The maximum absolute atomic E-state index is 8.84. The minimum absolute atomic E-state index is 0.523. The standard InChI is InChI=1S/C13H15N3/c14-7-12-6-13(4-5-15-12)16-8-10-2-1-3-11(10)9-16/h4-6,10-11H,1-3,8-9H2. The summed E-state index contributed by atoms with van der Waals surface area (Å²) in [6.45, 7) is 2.33. The summed E-state index contributed by atoms with van der Waals surface area (Å²) in [6.07, 6.45) is 5.92. The Morgan fingerprint density at radius 1 is 1.31 bits per heavy atom. The molecule has 0 spiro atoms. The monoisotopic (exact) mass is 213 g/mol. The van der Waals surface area contributed by atoms with Gasteiger partial charge in [-0.15, -0.1) is 0 Å². The van der Waals surface area contributed by atoms with Crippen LogP contribution in [-0.2, 0) is 0 Å². The first-order valence-electron chi connectivity index (χ1n) is 5.98. The van der Waals surface area contributed by atoms with Crippen molar-refractivity contribution in [1.82, 2.24) is 4.98 Å². The van der Waals surface area contributed by atoms with Crippen molar-refractivity contribution in [1.29, 1.82) is 5.26 Å². The average Bonchev–Trinajstić information content (AvgIpc) is 2.89. The molecule has 0 bridgehead atoms. The highest BCUT2D eigenvalue weighted by molar-refractivity contribution is 5.49. The van der Waals surface area contributed by atoms with Crippen LogP contribution >= 0.6 is 0 Å². The van der Waals surface area contributed by atoms with Gasteiger partial charge in [0.05, 0.1) is 0 Å². The van der Waals surface area contributed by atoms with Crippen molar-refractivity contribution in [3.8, 4) is 6.07 Å². The first-order chi connectivity index (χ1) is 7.86. The van der Waals surface area contributed by atoms with E-state index in [1.165, 1.54) is 38.0 Å². The maximum atomic E-state index is 8.84. The van der Waals surface area contributed by atoms with Crippen molar-refractivity contribution in [3.05, 3.63) is 24.0 Å². The molecule has 1 saturated carbocycles.